The molecule has 0 aliphatic carbocycles. The minimum atomic E-state index is -0.584. The van der Waals surface area contributed by atoms with Crippen molar-refractivity contribution in [2.75, 3.05) is 32.6 Å². The van der Waals surface area contributed by atoms with Crippen LogP contribution in [0.3, 0.4) is 0 Å². The number of fused-ring (bicyclic) bond motifs is 1. The molecule has 1 aliphatic rings. The van der Waals surface area contributed by atoms with Gasteiger partial charge in [-0.25, -0.2) is 9.59 Å². The highest BCUT2D eigenvalue weighted by Gasteiger charge is 2.30. The lowest BCUT2D eigenvalue weighted by Crippen LogP contribution is -2.41. The standard InChI is InChI=1S/C28H32ClN5O6/c1-28(2,3)40-27(37)34-11-9-16(15-34)32-26(36)33-21-7-6-17(12-20(21)29)39-23-8-10-31-22-14-24(38-5)19(13-18(22)23)25(35)30-4/h6-8,10,12-14,16H,9,11,15H2,1-5H3,(H,30,35)(H2,32,33,36). The van der Waals surface area contributed by atoms with Gasteiger partial charge in [-0.15, -0.1) is 0 Å². The van der Waals surface area contributed by atoms with E-state index in [0.717, 1.165) is 0 Å². The number of aromatic nitrogens is 1. The molecule has 40 heavy (non-hydrogen) atoms. The summed E-state index contributed by atoms with van der Waals surface area (Å²) in [6.45, 7) is 6.28. The van der Waals surface area contributed by atoms with Crippen molar-refractivity contribution in [2.24, 2.45) is 0 Å². The van der Waals surface area contributed by atoms with Crippen molar-refractivity contribution in [1.82, 2.24) is 20.5 Å². The number of hydrogen-bond donors (Lipinski definition) is 3. The van der Waals surface area contributed by atoms with Crippen LogP contribution in [0.15, 0.2) is 42.6 Å². The predicted molar refractivity (Wildman–Crippen MR) is 152 cm³/mol. The highest BCUT2D eigenvalue weighted by molar-refractivity contribution is 6.33. The molecule has 12 heteroatoms. The number of rotatable bonds is 6. The fourth-order valence-corrected chi connectivity index (χ4v) is 4.44. The third kappa shape index (κ3) is 6.84. The Morgan fingerprint density at radius 3 is 2.55 bits per heavy atom. The average molecular weight is 570 g/mol. The molecular weight excluding hydrogens is 538 g/mol. The second-order valence-corrected chi connectivity index (χ2v) is 10.6. The number of likely N-dealkylation sites (tertiary alicyclic amines) is 1. The van der Waals surface area contributed by atoms with E-state index in [-0.39, 0.29) is 17.0 Å². The van der Waals surface area contributed by atoms with E-state index in [9.17, 15) is 14.4 Å². The number of halogens is 1. The summed E-state index contributed by atoms with van der Waals surface area (Å²) in [5, 5.41) is 9.07. The maximum Gasteiger partial charge on any atom is 0.410 e. The third-order valence-corrected chi connectivity index (χ3v) is 6.40. The molecule has 2 aromatic carbocycles. The van der Waals surface area contributed by atoms with Crippen LogP contribution in [0.4, 0.5) is 15.3 Å². The number of anilines is 1. The Morgan fingerprint density at radius 2 is 1.88 bits per heavy atom. The Labute approximate surface area is 237 Å². The summed E-state index contributed by atoms with van der Waals surface area (Å²) >= 11 is 6.45. The van der Waals surface area contributed by atoms with E-state index in [1.807, 2.05) is 20.8 Å². The molecule has 1 fully saturated rings. The molecule has 3 aromatic rings. The van der Waals surface area contributed by atoms with Crippen LogP contribution in [0.2, 0.25) is 5.02 Å². The first-order chi connectivity index (χ1) is 19.0. The van der Waals surface area contributed by atoms with Gasteiger partial charge in [0.2, 0.25) is 0 Å². The molecule has 4 rings (SSSR count). The molecule has 1 unspecified atom stereocenters. The van der Waals surface area contributed by atoms with Gasteiger partial charge in [-0.1, -0.05) is 11.6 Å². The number of carbonyl (C=O) groups excluding carboxylic acids is 3. The molecule has 0 radical (unpaired) electrons. The number of nitrogens with one attached hydrogen (secondary N) is 3. The van der Waals surface area contributed by atoms with E-state index in [1.165, 1.54) is 14.2 Å². The number of nitrogens with zero attached hydrogens (tertiary/aromatic N) is 2. The Kier molecular flexibility index (Phi) is 8.53. The molecule has 1 aromatic heterocycles. The first-order valence-corrected chi connectivity index (χ1v) is 13.1. The minimum Gasteiger partial charge on any atom is -0.496 e. The van der Waals surface area contributed by atoms with E-state index >= 15 is 0 Å². The molecule has 2 heterocycles. The van der Waals surface area contributed by atoms with Gasteiger partial charge >= 0.3 is 12.1 Å². The van der Waals surface area contributed by atoms with E-state index in [1.54, 1.807) is 47.5 Å². The van der Waals surface area contributed by atoms with E-state index in [2.05, 4.69) is 20.9 Å². The predicted octanol–water partition coefficient (Wildman–Crippen LogP) is 5.18. The van der Waals surface area contributed by atoms with Crippen molar-refractivity contribution in [3.63, 3.8) is 0 Å². The molecule has 1 atom stereocenters. The van der Waals surface area contributed by atoms with Gasteiger partial charge in [-0.05, 0) is 51.5 Å². The van der Waals surface area contributed by atoms with Crippen molar-refractivity contribution in [3.8, 4) is 17.2 Å². The zero-order valence-electron chi connectivity index (χ0n) is 23.0. The van der Waals surface area contributed by atoms with Crippen LogP contribution in [-0.2, 0) is 4.74 Å². The number of methoxy groups -OCH3 is 1. The number of benzene rings is 2. The summed E-state index contributed by atoms with van der Waals surface area (Å²) in [5.41, 5.74) is 0.731. The van der Waals surface area contributed by atoms with Crippen molar-refractivity contribution in [3.05, 3.63) is 53.2 Å². The minimum absolute atomic E-state index is 0.216. The van der Waals surface area contributed by atoms with Crippen LogP contribution in [-0.4, -0.2) is 66.8 Å². The molecular formula is C28H32ClN5O6. The number of urea groups is 1. The SMILES string of the molecule is CNC(=O)c1cc2c(Oc3ccc(NC(=O)NC4CCN(C(=O)OC(C)(C)C)C4)c(Cl)c3)ccnc2cc1OC. The largest absolute Gasteiger partial charge is 0.496 e. The molecule has 1 aliphatic heterocycles. The zero-order chi connectivity index (χ0) is 29.0. The highest BCUT2D eigenvalue weighted by Crippen LogP contribution is 2.35. The van der Waals surface area contributed by atoms with Crippen molar-refractivity contribution < 1.29 is 28.6 Å². The van der Waals surface area contributed by atoms with E-state index in [4.69, 9.17) is 25.8 Å². The van der Waals surface area contributed by atoms with Gasteiger partial charge in [0.15, 0.2) is 0 Å². The third-order valence-electron chi connectivity index (χ3n) is 6.09. The first kappa shape index (κ1) is 28.8. The van der Waals surface area contributed by atoms with E-state index < -0.39 is 17.7 Å². The molecule has 1 saturated heterocycles. The summed E-state index contributed by atoms with van der Waals surface area (Å²) in [4.78, 5) is 43.2. The van der Waals surface area contributed by atoms with Gasteiger partial charge in [0.1, 0.15) is 22.8 Å². The summed E-state index contributed by atoms with van der Waals surface area (Å²) in [6.07, 6.45) is 1.80. The highest BCUT2D eigenvalue weighted by atomic mass is 35.5. The number of carbonyl (C=O) groups is 3. The molecule has 0 saturated carbocycles. The Hall–Kier alpha value is -4.25. The fraction of sp³-hybridized carbons (Fsp3) is 0.357. The Balaban J connectivity index is 1.42. The molecule has 3 N–H and O–H groups in total. The smallest absolute Gasteiger partial charge is 0.410 e. The molecule has 11 nitrogen and oxygen atoms in total. The summed E-state index contributed by atoms with van der Waals surface area (Å²) in [7, 11) is 3.02. The van der Waals surface area contributed by atoms with Crippen LogP contribution in [0.5, 0.6) is 17.2 Å². The fourth-order valence-electron chi connectivity index (χ4n) is 4.22. The normalized spacial score (nSPS) is 14.9. The Morgan fingerprint density at radius 1 is 1.10 bits per heavy atom. The topological polar surface area (TPSA) is 131 Å². The monoisotopic (exact) mass is 569 g/mol. The summed E-state index contributed by atoms with van der Waals surface area (Å²) in [5.74, 6) is 0.969. The van der Waals surface area contributed by atoms with Crippen LogP contribution in [0, 0.1) is 0 Å². The Bertz CT molecular complexity index is 1440. The van der Waals surface area contributed by atoms with Gasteiger partial charge in [0, 0.05) is 49.9 Å². The quantitative estimate of drug-likeness (QED) is 0.373. The van der Waals surface area contributed by atoms with Crippen LogP contribution in [0.1, 0.15) is 37.6 Å². The maximum atomic E-state index is 12.6. The molecule has 4 amide bonds. The summed E-state index contributed by atoms with van der Waals surface area (Å²) in [6, 6.07) is 9.21. The average Bonchev–Trinajstić information content (AvgIpc) is 3.37. The van der Waals surface area contributed by atoms with Gasteiger partial charge in [-0.3, -0.25) is 9.78 Å². The van der Waals surface area contributed by atoms with Crippen LogP contribution in [0.25, 0.3) is 10.9 Å². The van der Waals surface area contributed by atoms with Gasteiger partial charge in [0.25, 0.3) is 5.91 Å². The van der Waals surface area contributed by atoms with Crippen molar-refractivity contribution >= 4 is 46.2 Å². The second kappa shape index (κ2) is 11.9. The van der Waals surface area contributed by atoms with Crippen molar-refractivity contribution in [2.45, 2.75) is 38.8 Å². The van der Waals surface area contributed by atoms with Crippen LogP contribution >= 0.6 is 11.6 Å². The molecule has 0 bridgehead atoms. The second-order valence-electron chi connectivity index (χ2n) is 10.2. The lowest BCUT2D eigenvalue weighted by molar-refractivity contribution is 0.0291. The number of ether oxygens (including phenoxy) is 3. The van der Waals surface area contributed by atoms with Gasteiger partial charge in [0.05, 0.1) is 28.9 Å². The number of pyridine rings is 1. The maximum absolute atomic E-state index is 12.6. The molecule has 212 valence electrons. The lowest BCUT2D eigenvalue weighted by atomic mass is 10.1. The summed E-state index contributed by atoms with van der Waals surface area (Å²) < 4.78 is 16.8. The number of amides is 4. The first-order valence-electron chi connectivity index (χ1n) is 12.7. The lowest BCUT2D eigenvalue weighted by Gasteiger charge is -2.24. The van der Waals surface area contributed by atoms with Crippen molar-refractivity contribution in [1.29, 1.82) is 0 Å². The van der Waals surface area contributed by atoms with Gasteiger partial charge < -0.3 is 35.1 Å². The van der Waals surface area contributed by atoms with E-state index in [0.29, 0.717) is 58.9 Å². The zero-order valence-corrected chi connectivity index (χ0v) is 23.7. The molecule has 0 spiro atoms. The van der Waals surface area contributed by atoms with Crippen LogP contribution < -0.4 is 25.4 Å². The van der Waals surface area contributed by atoms with Gasteiger partial charge in [-0.2, -0.15) is 0 Å². The number of hydrogen-bond acceptors (Lipinski definition) is 7.